The maximum absolute atomic E-state index is 10.7. The second-order valence-corrected chi connectivity index (χ2v) is 3.53. The second kappa shape index (κ2) is 3.62. The zero-order valence-corrected chi connectivity index (χ0v) is 8.11. The molecule has 0 aliphatic carbocycles. The molecule has 0 fully saturated rings. The van der Waals surface area contributed by atoms with Crippen LogP contribution in [-0.2, 0) is 4.79 Å². The van der Waals surface area contributed by atoms with Gasteiger partial charge in [0, 0.05) is 5.56 Å². The summed E-state index contributed by atoms with van der Waals surface area (Å²) >= 11 is 0. The normalized spacial score (nSPS) is 31.1. The van der Waals surface area contributed by atoms with Gasteiger partial charge in [-0.3, -0.25) is 4.79 Å². The molecule has 0 spiro atoms. The predicted octanol–water partition coefficient (Wildman–Crippen LogP) is -0.478. The van der Waals surface area contributed by atoms with Crippen LogP contribution in [0.3, 0.4) is 0 Å². The van der Waals surface area contributed by atoms with E-state index in [0.717, 1.165) is 0 Å². The fraction of sp³-hybridized carbons (Fsp3) is 0.200. The number of fused-ring (bicyclic) bond motifs is 1. The SMILES string of the molecule is O=CC1(O)C(O)c2ccccc2[C](O)N1O. The van der Waals surface area contributed by atoms with Gasteiger partial charge in [-0.15, -0.1) is 5.06 Å². The molecule has 85 valence electrons. The number of aliphatic hydroxyl groups excluding tert-OH is 2. The van der Waals surface area contributed by atoms with Crippen LogP contribution >= 0.6 is 0 Å². The second-order valence-electron chi connectivity index (χ2n) is 3.53. The standard InChI is InChI=1S/C10H10NO5/c12-5-10(15)8(13)6-3-1-2-4-7(6)9(14)11(10)16/h1-5,8,13-16H. The van der Waals surface area contributed by atoms with Crippen molar-refractivity contribution in [3.8, 4) is 0 Å². The van der Waals surface area contributed by atoms with Crippen molar-refractivity contribution in [1.82, 2.24) is 5.06 Å². The number of benzene rings is 1. The highest BCUT2D eigenvalue weighted by Gasteiger charge is 2.51. The summed E-state index contributed by atoms with van der Waals surface area (Å²) in [7, 11) is 0. The van der Waals surface area contributed by atoms with Gasteiger partial charge in [0.05, 0.1) is 0 Å². The minimum absolute atomic E-state index is 0.0379. The summed E-state index contributed by atoms with van der Waals surface area (Å²) in [5.41, 5.74) is -2.25. The smallest absolute Gasteiger partial charge is 0.230 e. The third kappa shape index (κ3) is 1.29. The van der Waals surface area contributed by atoms with E-state index in [9.17, 15) is 25.3 Å². The molecule has 2 rings (SSSR count). The van der Waals surface area contributed by atoms with E-state index in [2.05, 4.69) is 0 Å². The van der Waals surface area contributed by atoms with E-state index in [0.29, 0.717) is 0 Å². The lowest BCUT2D eigenvalue weighted by Crippen LogP contribution is -2.57. The lowest BCUT2D eigenvalue weighted by Gasteiger charge is -2.41. The Kier molecular flexibility index (Phi) is 2.53. The zero-order valence-electron chi connectivity index (χ0n) is 8.11. The number of hydrogen-bond acceptors (Lipinski definition) is 6. The Morgan fingerprint density at radius 1 is 1.38 bits per heavy atom. The number of hydrogen-bond donors (Lipinski definition) is 4. The Hall–Kier alpha value is -1.31. The molecular weight excluding hydrogens is 214 g/mol. The van der Waals surface area contributed by atoms with E-state index in [4.69, 9.17) is 0 Å². The summed E-state index contributed by atoms with van der Waals surface area (Å²) in [5.74, 6) is 0. The molecule has 1 radical (unpaired) electrons. The molecule has 0 aromatic heterocycles. The van der Waals surface area contributed by atoms with Gasteiger partial charge in [0.1, 0.15) is 6.10 Å². The van der Waals surface area contributed by atoms with Gasteiger partial charge in [-0.05, 0) is 5.56 Å². The van der Waals surface area contributed by atoms with Crippen LogP contribution in [0.4, 0.5) is 0 Å². The average molecular weight is 224 g/mol. The molecule has 6 heteroatoms. The van der Waals surface area contributed by atoms with Gasteiger partial charge < -0.3 is 20.5 Å². The quantitative estimate of drug-likeness (QED) is 0.481. The molecule has 1 aliphatic rings. The first-order valence-electron chi connectivity index (χ1n) is 4.53. The molecule has 2 atom stereocenters. The predicted molar refractivity (Wildman–Crippen MR) is 50.3 cm³/mol. The van der Waals surface area contributed by atoms with E-state index in [1.807, 2.05) is 0 Å². The van der Waals surface area contributed by atoms with E-state index < -0.39 is 18.1 Å². The molecule has 0 amide bonds. The van der Waals surface area contributed by atoms with Gasteiger partial charge >= 0.3 is 0 Å². The molecule has 1 aromatic carbocycles. The lowest BCUT2D eigenvalue weighted by molar-refractivity contribution is -0.295. The summed E-state index contributed by atoms with van der Waals surface area (Å²) in [6.45, 7) is 0. The van der Waals surface area contributed by atoms with Crippen molar-refractivity contribution in [3.63, 3.8) is 0 Å². The maximum Gasteiger partial charge on any atom is 0.230 e. The van der Waals surface area contributed by atoms with Crippen LogP contribution < -0.4 is 0 Å². The Balaban J connectivity index is 2.60. The van der Waals surface area contributed by atoms with Crippen molar-refractivity contribution in [2.24, 2.45) is 0 Å². The van der Waals surface area contributed by atoms with Crippen LogP contribution in [0.2, 0.25) is 0 Å². The van der Waals surface area contributed by atoms with Gasteiger partial charge in [0.15, 0.2) is 6.29 Å². The molecule has 1 aromatic rings. The number of aldehydes is 1. The highest BCUT2D eigenvalue weighted by Crippen LogP contribution is 2.39. The van der Waals surface area contributed by atoms with E-state index >= 15 is 0 Å². The zero-order chi connectivity index (χ0) is 11.9. The Bertz CT molecular complexity index is 423. The number of rotatable bonds is 1. The number of carbonyl (C=O) groups is 1. The van der Waals surface area contributed by atoms with Crippen molar-refractivity contribution in [2.75, 3.05) is 0 Å². The Morgan fingerprint density at radius 2 is 2.00 bits per heavy atom. The third-order valence-electron chi connectivity index (χ3n) is 2.61. The van der Waals surface area contributed by atoms with Crippen molar-refractivity contribution in [1.29, 1.82) is 0 Å². The first-order valence-corrected chi connectivity index (χ1v) is 4.53. The van der Waals surface area contributed by atoms with Crippen molar-refractivity contribution < 1.29 is 25.3 Å². The molecule has 0 bridgehead atoms. The van der Waals surface area contributed by atoms with Gasteiger partial charge in [-0.2, -0.15) is 0 Å². The number of nitrogens with zero attached hydrogens (tertiary/aromatic N) is 1. The van der Waals surface area contributed by atoms with Gasteiger partial charge in [0.2, 0.25) is 12.0 Å². The maximum atomic E-state index is 10.7. The van der Waals surface area contributed by atoms with Crippen LogP contribution in [0.15, 0.2) is 24.3 Å². The monoisotopic (exact) mass is 224 g/mol. The van der Waals surface area contributed by atoms with Crippen LogP contribution in [0.5, 0.6) is 0 Å². The first kappa shape index (κ1) is 11.2. The summed E-state index contributed by atoms with van der Waals surface area (Å²) in [4.78, 5) is 10.7. The number of hydroxylamine groups is 2. The summed E-state index contributed by atoms with van der Waals surface area (Å²) in [6, 6.07) is 6.05. The largest absolute Gasteiger partial charge is 0.383 e. The molecule has 1 heterocycles. The molecule has 1 aliphatic heterocycles. The molecule has 0 saturated heterocycles. The van der Waals surface area contributed by atoms with E-state index in [1.165, 1.54) is 12.1 Å². The Morgan fingerprint density at radius 3 is 2.62 bits per heavy atom. The van der Waals surface area contributed by atoms with Crippen molar-refractivity contribution in [3.05, 3.63) is 41.6 Å². The molecule has 2 unspecified atom stereocenters. The summed E-state index contributed by atoms with van der Waals surface area (Å²) in [5, 5.41) is 38.4. The van der Waals surface area contributed by atoms with Crippen LogP contribution in [-0.4, -0.2) is 37.6 Å². The van der Waals surface area contributed by atoms with Gasteiger partial charge in [-0.1, -0.05) is 24.3 Å². The van der Waals surface area contributed by atoms with Crippen molar-refractivity contribution in [2.45, 2.75) is 11.8 Å². The summed E-state index contributed by atoms with van der Waals surface area (Å²) in [6.07, 6.45) is -2.36. The molecule has 4 N–H and O–H groups in total. The fourth-order valence-corrected chi connectivity index (χ4v) is 1.68. The molecular formula is C10H10NO5. The number of carbonyl (C=O) groups excluding carboxylic acids is 1. The average Bonchev–Trinajstić information content (AvgIpc) is 2.33. The highest BCUT2D eigenvalue weighted by atomic mass is 16.6. The number of aliphatic hydroxyl groups is 3. The molecule has 6 nitrogen and oxygen atoms in total. The minimum atomic E-state index is -2.57. The topological polar surface area (TPSA) is 101 Å². The summed E-state index contributed by atoms with van der Waals surface area (Å²) < 4.78 is 0. The molecule has 16 heavy (non-hydrogen) atoms. The van der Waals surface area contributed by atoms with Gasteiger partial charge in [-0.25, -0.2) is 0 Å². The highest BCUT2D eigenvalue weighted by molar-refractivity contribution is 5.65. The lowest BCUT2D eigenvalue weighted by atomic mass is 9.89. The van der Waals surface area contributed by atoms with Crippen LogP contribution in [0.1, 0.15) is 17.2 Å². The van der Waals surface area contributed by atoms with Crippen molar-refractivity contribution >= 4 is 6.29 Å². The minimum Gasteiger partial charge on any atom is -0.383 e. The fourth-order valence-electron chi connectivity index (χ4n) is 1.68. The first-order chi connectivity index (χ1) is 7.52. The van der Waals surface area contributed by atoms with Crippen LogP contribution in [0.25, 0.3) is 0 Å². The van der Waals surface area contributed by atoms with E-state index in [1.54, 1.807) is 12.1 Å². The Labute approximate surface area is 90.9 Å². The molecule has 0 saturated carbocycles. The van der Waals surface area contributed by atoms with Crippen LogP contribution in [0, 0.1) is 6.23 Å². The van der Waals surface area contributed by atoms with Gasteiger partial charge in [0.25, 0.3) is 0 Å². The third-order valence-corrected chi connectivity index (χ3v) is 2.61. The van der Waals surface area contributed by atoms with E-state index in [-0.39, 0.29) is 22.5 Å².